The van der Waals surface area contributed by atoms with Crippen molar-refractivity contribution in [3.8, 4) is 0 Å². The van der Waals surface area contributed by atoms with E-state index in [-0.39, 0.29) is 11.3 Å². The minimum atomic E-state index is 0.191. The van der Waals surface area contributed by atoms with Crippen molar-refractivity contribution in [1.29, 1.82) is 0 Å². The van der Waals surface area contributed by atoms with Crippen molar-refractivity contribution >= 4 is 5.91 Å². The molecule has 1 heterocycles. The topological polar surface area (TPSA) is 64.3 Å². The highest BCUT2D eigenvalue weighted by Crippen LogP contribution is 2.43. The minimum absolute atomic E-state index is 0.191. The van der Waals surface area contributed by atoms with Crippen LogP contribution in [0.4, 0.5) is 0 Å². The van der Waals surface area contributed by atoms with Crippen molar-refractivity contribution in [2.75, 3.05) is 26.3 Å². The summed E-state index contributed by atoms with van der Waals surface area (Å²) < 4.78 is 5.31. The molecule has 3 N–H and O–H groups in total. The van der Waals surface area contributed by atoms with Crippen LogP contribution >= 0.6 is 0 Å². The zero-order valence-electron chi connectivity index (χ0n) is 10.5. The second-order valence-corrected chi connectivity index (χ2v) is 5.58. The van der Waals surface area contributed by atoms with Crippen molar-refractivity contribution in [2.45, 2.75) is 38.5 Å². The average molecular weight is 240 g/mol. The zero-order chi connectivity index (χ0) is 12.1. The first-order chi connectivity index (χ1) is 8.24. The van der Waals surface area contributed by atoms with E-state index in [0.29, 0.717) is 18.9 Å². The minimum Gasteiger partial charge on any atom is -0.381 e. The number of carbonyl (C=O) groups is 1. The van der Waals surface area contributed by atoms with Crippen LogP contribution in [0.25, 0.3) is 0 Å². The summed E-state index contributed by atoms with van der Waals surface area (Å²) in [4.78, 5) is 11.7. The second-order valence-electron chi connectivity index (χ2n) is 5.58. The summed E-state index contributed by atoms with van der Waals surface area (Å²) in [6.07, 6.45) is 6.23. The van der Waals surface area contributed by atoms with Gasteiger partial charge in [-0.15, -0.1) is 0 Å². The summed E-state index contributed by atoms with van der Waals surface area (Å²) in [5.41, 5.74) is 5.93. The van der Waals surface area contributed by atoms with Crippen molar-refractivity contribution in [2.24, 2.45) is 17.1 Å². The van der Waals surface area contributed by atoms with Crippen LogP contribution in [0, 0.1) is 11.3 Å². The largest absolute Gasteiger partial charge is 0.381 e. The number of hydrogen-bond donors (Lipinski definition) is 2. The van der Waals surface area contributed by atoms with E-state index in [1.165, 1.54) is 12.8 Å². The predicted molar refractivity (Wildman–Crippen MR) is 66.5 cm³/mol. The van der Waals surface area contributed by atoms with E-state index in [4.69, 9.17) is 10.5 Å². The number of nitrogens with two attached hydrogens (primary N) is 1. The van der Waals surface area contributed by atoms with E-state index in [0.717, 1.165) is 39.0 Å². The molecule has 4 nitrogen and oxygen atoms in total. The Morgan fingerprint density at radius 1 is 1.35 bits per heavy atom. The van der Waals surface area contributed by atoms with E-state index in [1.807, 2.05) is 0 Å². The molecule has 4 heteroatoms. The molecule has 0 aromatic rings. The maximum absolute atomic E-state index is 11.7. The second kappa shape index (κ2) is 5.83. The van der Waals surface area contributed by atoms with Crippen LogP contribution in [0.5, 0.6) is 0 Å². The standard InChI is InChI=1S/C13H24N2O2/c14-9-13(5-6-13)10-15-12(16)2-1-11-3-7-17-8-4-11/h11H,1-10,14H2,(H,15,16). The first-order valence-electron chi connectivity index (χ1n) is 6.79. The maximum Gasteiger partial charge on any atom is 0.220 e. The van der Waals surface area contributed by atoms with Gasteiger partial charge in [-0.05, 0) is 50.0 Å². The highest BCUT2D eigenvalue weighted by molar-refractivity contribution is 5.75. The van der Waals surface area contributed by atoms with Gasteiger partial charge in [-0.2, -0.15) is 0 Å². The van der Waals surface area contributed by atoms with E-state index in [1.54, 1.807) is 0 Å². The van der Waals surface area contributed by atoms with Gasteiger partial charge in [-0.1, -0.05) is 0 Å². The molecular formula is C13H24N2O2. The molecule has 0 radical (unpaired) electrons. The van der Waals surface area contributed by atoms with Crippen molar-refractivity contribution in [1.82, 2.24) is 5.32 Å². The first kappa shape index (κ1) is 12.8. The van der Waals surface area contributed by atoms with Crippen LogP contribution in [-0.4, -0.2) is 32.2 Å². The molecule has 17 heavy (non-hydrogen) atoms. The van der Waals surface area contributed by atoms with Crippen LogP contribution in [0.3, 0.4) is 0 Å². The van der Waals surface area contributed by atoms with Crippen molar-refractivity contribution in [3.63, 3.8) is 0 Å². The Morgan fingerprint density at radius 3 is 2.65 bits per heavy atom. The Bertz CT molecular complexity index is 258. The van der Waals surface area contributed by atoms with Gasteiger partial charge in [0.25, 0.3) is 0 Å². The highest BCUT2D eigenvalue weighted by atomic mass is 16.5. The lowest BCUT2D eigenvalue weighted by Crippen LogP contribution is -2.34. The van der Waals surface area contributed by atoms with E-state index in [2.05, 4.69) is 5.32 Å². The normalized spacial score (nSPS) is 23.4. The van der Waals surface area contributed by atoms with Crippen LogP contribution in [-0.2, 0) is 9.53 Å². The molecule has 2 aliphatic rings. The van der Waals surface area contributed by atoms with E-state index >= 15 is 0 Å². The van der Waals surface area contributed by atoms with Crippen LogP contribution in [0.1, 0.15) is 38.5 Å². The fourth-order valence-corrected chi connectivity index (χ4v) is 2.37. The van der Waals surface area contributed by atoms with Crippen LogP contribution in [0.2, 0.25) is 0 Å². The Morgan fingerprint density at radius 2 is 2.06 bits per heavy atom. The quantitative estimate of drug-likeness (QED) is 0.729. The van der Waals surface area contributed by atoms with Gasteiger partial charge in [-0.3, -0.25) is 4.79 Å². The Labute approximate surface area is 103 Å². The smallest absolute Gasteiger partial charge is 0.220 e. The van der Waals surface area contributed by atoms with Gasteiger partial charge in [0.2, 0.25) is 5.91 Å². The van der Waals surface area contributed by atoms with Crippen LogP contribution in [0.15, 0.2) is 0 Å². The summed E-state index contributed by atoms with van der Waals surface area (Å²) in [7, 11) is 0. The zero-order valence-corrected chi connectivity index (χ0v) is 10.5. The lowest BCUT2D eigenvalue weighted by Gasteiger charge is -2.21. The van der Waals surface area contributed by atoms with Crippen LogP contribution < -0.4 is 11.1 Å². The molecule has 0 spiro atoms. The molecule has 2 rings (SSSR count). The average Bonchev–Trinajstić information content (AvgIpc) is 3.16. The van der Waals surface area contributed by atoms with Gasteiger partial charge in [0.1, 0.15) is 0 Å². The number of nitrogens with one attached hydrogen (secondary N) is 1. The molecule has 0 aromatic heterocycles. The Hall–Kier alpha value is -0.610. The molecule has 0 atom stereocenters. The summed E-state index contributed by atoms with van der Waals surface area (Å²) in [6, 6.07) is 0. The molecule has 1 amide bonds. The lowest BCUT2D eigenvalue weighted by atomic mass is 9.95. The maximum atomic E-state index is 11.7. The SMILES string of the molecule is NCC1(CNC(=O)CCC2CCOCC2)CC1. The molecule has 98 valence electrons. The monoisotopic (exact) mass is 240 g/mol. The van der Waals surface area contributed by atoms with Gasteiger partial charge < -0.3 is 15.8 Å². The van der Waals surface area contributed by atoms with Crippen molar-refractivity contribution < 1.29 is 9.53 Å². The number of amides is 1. The molecule has 1 saturated carbocycles. The predicted octanol–water partition coefficient (Wildman–Crippen LogP) is 1.05. The lowest BCUT2D eigenvalue weighted by molar-refractivity contribution is -0.121. The summed E-state index contributed by atoms with van der Waals surface area (Å²) >= 11 is 0. The molecule has 2 fully saturated rings. The fourth-order valence-electron chi connectivity index (χ4n) is 2.37. The third kappa shape index (κ3) is 3.96. The number of rotatable bonds is 6. The third-order valence-electron chi connectivity index (χ3n) is 4.17. The fraction of sp³-hybridized carbons (Fsp3) is 0.923. The molecule has 0 aromatic carbocycles. The van der Waals surface area contributed by atoms with Gasteiger partial charge in [-0.25, -0.2) is 0 Å². The Balaban J connectivity index is 1.57. The van der Waals surface area contributed by atoms with E-state index in [9.17, 15) is 4.79 Å². The van der Waals surface area contributed by atoms with Gasteiger partial charge in [0.15, 0.2) is 0 Å². The molecule has 1 aliphatic carbocycles. The van der Waals surface area contributed by atoms with E-state index < -0.39 is 0 Å². The molecule has 0 unspecified atom stereocenters. The molecule has 1 saturated heterocycles. The molecule has 0 bridgehead atoms. The number of hydrogen-bond acceptors (Lipinski definition) is 3. The number of ether oxygens (including phenoxy) is 1. The summed E-state index contributed by atoms with van der Waals surface area (Å²) in [5.74, 6) is 0.870. The number of carbonyl (C=O) groups excluding carboxylic acids is 1. The van der Waals surface area contributed by atoms with Gasteiger partial charge in [0, 0.05) is 26.2 Å². The summed E-state index contributed by atoms with van der Waals surface area (Å²) in [6.45, 7) is 3.20. The highest BCUT2D eigenvalue weighted by Gasteiger charge is 2.41. The van der Waals surface area contributed by atoms with Gasteiger partial charge in [0.05, 0.1) is 0 Å². The Kier molecular flexibility index (Phi) is 4.40. The molecular weight excluding hydrogens is 216 g/mol. The summed E-state index contributed by atoms with van der Waals surface area (Å²) in [5, 5.41) is 3.03. The van der Waals surface area contributed by atoms with Crippen molar-refractivity contribution in [3.05, 3.63) is 0 Å². The van der Waals surface area contributed by atoms with Gasteiger partial charge >= 0.3 is 0 Å². The molecule has 1 aliphatic heterocycles. The first-order valence-corrected chi connectivity index (χ1v) is 6.79. The third-order valence-corrected chi connectivity index (χ3v) is 4.17.